The Balaban J connectivity index is 1.47. The maximum atomic E-state index is 12.3. The Morgan fingerprint density at radius 1 is 1.13 bits per heavy atom. The van der Waals surface area contributed by atoms with E-state index in [1.165, 1.54) is 0 Å². The molecular formula is C23H29N3O4. The molecule has 1 fully saturated rings. The highest BCUT2D eigenvalue weighted by Gasteiger charge is 2.16. The predicted octanol–water partition coefficient (Wildman–Crippen LogP) is 3.43. The van der Waals surface area contributed by atoms with Crippen LogP contribution in [0.2, 0.25) is 0 Å². The summed E-state index contributed by atoms with van der Waals surface area (Å²) in [5, 5.41) is 8.75. The highest BCUT2D eigenvalue weighted by Crippen LogP contribution is 2.20. The first-order valence-corrected chi connectivity index (χ1v) is 10.4. The van der Waals surface area contributed by atoms with Gasteiger partial charge in [0.1, 0.15) is 12.4 Å². The average Bonchev–Trinajstić information content (AvgIpc) is 3.29. The maximum absolute atomic E-state index is 12.3. The molecule has 160 valence electrons. The van der Waals surface area contributed by atoms with Crippen LogP contribution in [0.4, 0.5) is 11.4 Å². The third-order valence-corrected chi connectivity index (χ3v) is 4.69. The largest absolute Gasteiger partial charge is 0.491 e. The molecule has 1 atom stereocenters. The van der Waals surface area contributed by atoms with Crippen LogP contribution in [0.1, 0.15) is 36.5 Å². The van der Waals surface area contributed by atoms with E-state index in [0.717, 1.165) is 25.9 Å². The van der Waals surface area contributed by atoms with Gasteiger partial charge in [-0.1, -0.05) is 19.1 Å². The van der Waals surface area contributed by atoms with Crippen LogP contribution in [-0.4, -0.2) is 44.2 Å². The number of rotatable bonds is 10. The Kier molecular flexibility index (Phi) is 8.09. The van der Waals surface area contributed by atoms with Crippen molar-refractivity contribution < 1.29 is 19.1 Å². The molecule has 0 spiro atoms. The van der Waals surface area contributed by atoms with Crippen LogP contribution < -0.4 is 20.7 Å². The molecule has 2 aromatic carbocycles. The third kappa shape index (κ3) is 6.77. The smallest absolute Gasteiger partial charge is 0.251 e. The van der Waals surface area contributed by atoms with E-state index < -0.39 is 0 Å². The summed E-state index contributed by atoms with van der Waals surface area (Å²) in [5.41, 5.74) is 1.94. The fourth-order valence-electron chi connectivity index (χ4n) is 3.13. The number of nitrogens with one attached hydrogen (secondary N) is 3. The minimum Gasteiger partial charge on any atom is -0.491 e. The summed E-state index contributed by atoms with van der Waals surface area (Å²) in [6.07, 6.45) is 3.12. The molecule has 30 heavy (non-hydrogen) atoms. The Morgan fingerprint density at radius 2 is 1.97 bits per heavy atom. The molecule has 2 amide bonds. The van der Waals surface area contributed by atoms with Crippen molar-refractivity contribution in [2.45, 2.75) is 32.3 Å². The Bertz CT molecular complexity index is 850. The normalized spacial score (nSPS) is 15.4. The van der Waals surface area contributed by atoms with Crippen molar-refractivity contribution in [3.05, 3.63) is 54.1 Å². The summed E-state index contributed by atoms with van der Waals surface area (Å²) in [6, 6.07) is 14.4. The number of hydrogen-bond acceptors (Lipinski definition) is 5. The van der Waals surface area contributed by atoms with E-state index in [2.05, 4.69) is 16.0 Å². The first-order valence-electron chi connectivity index (χ1n) is 10.4. The molecule has 0 radical (unpaired) electrons. The molecule has 2 aromatic rings. The number of benzene rings is 2. The van der Waals surface area contributed by atoms with Crippen molar-refractivity contribution in [2.75, 3.05) is 36.9 Å². The summed E-state index contributed by atoms with van der Waals surface area (Å²) < 4.78 is 11.3. The molecule has 0 aromatic heterocycles. The summed E-state index contributed by atoms with van der Waals surface area (Å²) in [6.45, 7) is 4.03. The van der Waals surface area contributed by atoms with Gasteiger partial charge in [0.05, 0.1) is 12.6 Å². The van der Waals surface area contributed by atoms with Crippen LogP contribution in [0.5, 0.6) is 5.75 Å². The lowest BCUT2D eigenvalue weighted by Gasteiger charge is -2.13. The summed E-state index contributed by atoms with van der Waals surface area (Å²) in [7, 11) is 0. The molecule has 1 saturated heterocycles. The molecule has 0 saturated carbocycles. The van der Waals surface area contributed by atoms with E-state index in [-0.39, 0.29) is 24.5 Å². The van der Waals surface area contributed by atoms with E-state index >= 15 is 0 Å². The molecule has 3 N–H and O–H groups in total. The number of amides is 2. The van der Waals surface area contributed by atoms with Crippen LogP contribution in [0.25, 0.3) is 0 Å². The van der Waals surface area contributed by atoms with Crippen molar-refractivity contribution in [2.24, 2.45) is 0 Å². The van der Waals surface area contributed by atoms with Gasteiger partial charge < -0.3 is 25.4 Å². The molecular weight excluding hydrogens is 382 g/mol. The predicted molar refractivity (Wildman–Crippen MR) is 117 cm³/mol. The second-order valence-corrected chi connectivity index (χ2v) is 7.21. The van der Waals surface area contributed by atoms with Gasteiger partial charge in [0, 0.05) is 36.2 Å². The zero-order valence-corrected chi connectivity index (χ0v) is 17.3. The first kappa shape index (κ1) is 21.6. The number of hydrogen-bond donors (Lipinski definition) is 3. The lowest BCUT2D eigenvalue weighted by molar-refractivity contribution is -0.114. The zero-order chi connectivity index (χ0) is 21.2. The third-order valence-electron chi connectivity index (χ3n) is 4.69. The van der Waals surface area contributed by atoms with E-state index in [0.29, 0.717) is 35.8 Å². The van der Waals surface area contributed by atoms with Crippen molar-refractivity contribution >= 4 is 23.2 Å². The quantitative estimate of drug-likeness (QED) is 0.557. The topological polar surface area (TPSA) is 88.7 Å². The standard InChI is InChI=1S/C23H29N3O4/c1-2-11-24-23(28)17-6-3-7-18(13-17)25-15-22(27)26-19-8-4-9-20(14-19)30-16-21-10-5-12-29-21/h3-4,6-9,13-14,21,25H,2,5,10-12,15-16H2,1H3,(H,24,28)(H,26,27). The highest BCUT2D eigenvalue weighted by atomic mass is 16.5. The molecule has 7 heteroatoms. The second-order valence-electron chi connectivity index (χ2n) is 7.21. The first-order chi connectivity index (χ1) is 14.6. The second kappa shape index (κ2) is 11.2. The van der Waals surface area contributed by atoms with Gasteiger partial charge >= 0.3 is 0 Å². The minimum atomic E-state index is -0.188. The molecule has 1 unspecified atom stereocenters. The minimum absolute atomic E-state index is 0.0844. The number of anilines is 2. The summed E-state index contributed by atoms with van der Waals surface area (Å²) in [5.74, 6) is 0.388. The molecule has 7 nitrogen and oxygen atoms in total. The van der Waals surface area contributed by atoms with Gasteiger partial charge in [-0.3, -0.25) is 9.59 Å². The van der Waals surface area contributed by atoms with Crippen LogP contribution in [0.15, 0.2) is 48.5 Å². The summed E-state index contributed by atoms with van der Waals surface area (Å²) in [4.78, 5) is 24.4. The van der Waals surface area contributed by atoms with Crippen LogP contribution in [0.3, 0.4) is 0 Å². The lowest BCUT2D eigenvalue weighted by Crippen LogP contribution is -2.24. The van der Waals surface area contributed by atoms with Crippen molar-refractivity contribution in [3.8, 4) is 5.75 Å². The van der Waals surface area contributed by atoms with Gasteiger partial charge in [-0.05, 0) is 49.6 Å². The molecule has 3 rings (SSSR count). The highest BCUT2D eigenvalue weighted by molar-refractivity contribution is 5.96. The summed E-state index contributed by atoms with van der Waals surface area (Å²) >= 11 is 0. The zero-order valence-electron chi connectivity index (χ0n) is 17.3. The van der Waals surface area contributed by atoms with Gasteiger partial charge in [-0.15, -0.1) is 0 Å². The monoisotopic (exact) mass is 411 g/mol. The average molecular weight is 412 g/mol. The SMILES string of the molecule is CCCNC(=O)c1cccc(NCC(=O)Nc2cccc(OCC3CCCO3)c2)c1. The number of ether oxygens (including phenoxy) is 2. The van der Waals surface area contributed by atoms with E-state index in [1.807, 2.05) is 31.2 Å². The van der Waals surface area contributed by atoms with Gasteiger partial charge in [0.15, 0.2) is 0 Å². The lowest BCUT2D eigenvalue weighted by atomic mass is 10.2. The van der Waals surface area contributed by atoms with E-state index in [1.54, 1.807) is 24.3 Å². The van der Waals surface area contributed by atoms with Crippen LogP contribution >= 0.6 is 0 Å². The molecule has 0 bridgehead atoms. The van der Waals surface area contributed by atoms with E-state index in [4.69, 9.17) is 9.47 Å². The van der Waals surface area contributed by atoms with Gasteiger partial charge in [-0.2, -0.15) is 0 Å². The Hall–Kier alpha value is -3.06. The Morgan fingerprint density at radius 3 is 2.77 bits per heavy atom. The van der Waals surface area contributed by atoms with Crippen molar-refractivity contribution in [1.82, 2.24) is 5.32 Å². The molecule has 1 aliphatic rings. The van der Waals surface area contributed by atoms with E-state index in [9.17, 15) is 9.59 Å². The molecule has 1 aliphatic heterocycles. The molecule has 0 aliphatic carbocycles. The van der Waals surface area contributed by atoms with Crippen molar-refractivity contribution in [3.63, 3.8) is 0 Å². The maximum Gasteiger partial charge on any atom is 0.251 e. The molecule has 1 heterocycles. The van der Waals surface area contributed by atoms with Gasteiger partial charge in [0.25, 0.3) is 5.91 Å². The van der Waals surface area contributed by atoms with Crippen molar-refractivity contribution in [1.29, 1.82) is 0 Å². The Labute approximate surface area is 177 Å². The fourth-order valence-corrected chi connectivity index (χ4v) is 3.13. The van der Waals surface area contributed by atoms with Crippen LogP contribution in [-0.2, 0) is 9.53 Å². The van der Waals surface area contributed by atoms with Crippen LogP contribution in [0, 0.1) is 0 Å². The number of carbonyl (C=O) groups excluding carboxylic acids is 2. The fraction of sp³-hybridized carbons (Fsp3) is 0.391. The van der Waals surface area contributed by atoms with Gasteiger partial charge in [0.2, 0.25) is 5.91 Å². The van der Waals surface area contributed by atoms with Gasteiger partial charge in [-0.25, -0.2) is 0 Å². The number of carbonyl (C=O) groups is 2.